The molecule has 3 aromatic rings. The molecule has 2 aliphatic rings. The number of halogens is 3. The summed E-state index contributed by atoms with van der Waals surface area (Å²) in [5.41, 5.74) is 0.0238. The van der Waals surface area contributed by atoms with Crippen LogP contribution in [0.1, 0.15) is 27.7 Å². The highest BCUT2D eigenvalue weighted by atomic mass is 35.5. The van der Waals surface area contributed by atoms with Crippen molar-refractivity contribution in [3.8, 4) is 11.1 Å². The number of nitrogens with zero attached hydrogens (tertiary/aromatic N) is 4. The van der Waals surface area contributed by atoms with Gasteiger partial charge >= 0.3 is 11.8 Å². The van der Waals surface area contributed by atoms with E-state index in [0.29, 0.717) is 52.6 Å². The van der Waals surface area contributed by atoms with Gasteiger partial charge < -0.3 is 19.3 Å². The second kappa shape index (κ2) is 10.8. The fourth-order valence-electron chi connectivity index (χ4n) is 5.17. The van der Waals surface area contributed by atoms with Crippen LogP contribution in [0.3, 0.4) is 0 Å². The average molecular weight is 593 g/mol. The van der Waals surface area contributed by atoms with Crippen molar-refractivity contribution >= 4 is 46.2 Å². The SMILES string of the molecule is COC1CSc2c(-c3ccc(F)cc3F)c(Cl)cc3c(N4CCN(C(=O)OC(C)(C)C)CC4C)nc(=O)n(c23)C1. The van der Waals surface area contributed by atoms with Crippen molar-refractivity contribution in [2.45, 2.75) is 56.9 Å². The first kappa shape index (κ1) is 28.6. The van der Waals surface area contributed by atoms with Gasteiger partial charge in [0.05, 0.1) is 23.2 Å². The molecule has 1 aromatic heterocycles. The summed E-state index contributed by atoms with van der Waals surface area (Å²) in [6.07, 6.45) is -0.691. The molecule has 12 heteroatoms. The number of ether oxygens (including phenoxy) is 2. The minimum atomic E-state index is -0.749. The zero-order valence-corrected chi connectivity index (χ0v) is 24.5. The van der Waals surface area contributed by atoms with E-state index in [1.54, 1.807) is 22.6 Å². The van der Waals surface area contributed by atoms with Gasteiger partial charge in [0, 0.05) is 66.0 Å². The molecule has 2 unspecified atom stereocenters. The maximum atomic E-state index is 15.0. The topological polar surface area (TPSA) is 76.9 Å². The molecule has 1 fully saturated rings. The van der Waals surface area contributed by atoms with Crippen LogP contribution >= 0.6 is 23.4 Å². The maximum absolute atomic E-state index is 15.0. The Hall–Kier alpha value is -2.89. The van der Waals surface area contributed by atoms with Crippen molar-refractivity contribution in [1.29, 1.82) is 0 Å². The summed E-state index contributed by atoms with van der Waals surface area (Å²) in [5.74, 6) is -0.513. The van der Waals surface area contributed by atoms with Gasteiger partial charge in [0.1, 0.15) is 23.1 Å². The minimum absolute atomic E-state index is 0.142. The summed E-state index contributed by atoms with van der Waals surface area (Å²) in [4.78, 5) is 35.0. The van der Waals surface area contributed by atoms with Crippen LogP contribution in [0.5, 0.6) is 0 Å². The Morgan fingerprint density at radius 3 is 2.58 bits per heavy atom. The van der Waals surface area contributed by atoms with Gasteiger partial charge in [-0.3, -0.25) is 4.57 Å². The number of piperazine rings is 1. The smallest absolute Gasteiger partial charge is 0.410 e. The molecule has 2 atom stereocenters. The van der Waals surface area contributed by atoms with Crippen molar-refractivity contribution < 1.29 is 23.0 Å². The predicted molar refractivity (Wildman–Crippen MR) is 153 cm³/mol. The van der Waals surface area contributed by atoms with Crippen LogP contribution in [0.25, 0.3) is 22.0 Å². The Balaban J connectivity index is 1.65. The number of carbonyl (C=O) groups is 1. The Kier molecular flexibility index (Phi) is 7.75. The van der Waals surface area contributed by atoms with Gasteiger partial charge in [0.15, 0.2) is 0 Å². The molecule has 0 radical (unpaired) electrons. The zero-order chi connectivity index (χ0) is 28.9. The highest BCUT2D eigenvalue weighted by molar-refractivity contribution is 7.99. The van der Waals surface area contributed by atoms with E-state index in [0.717, 1.165) is 6.07 Å². The minimum Gasteiger partial charge on any atom is -0.444 e. The summed E-state index contributed by atoms with van der Waals surface area (Å²) in [6, 6.07) is 4.86. The molecule has 0 bridgehead atoms. The Morgan fingerprint density at radius 1 is 1.18 bits per heavy atom. The number of benzene rings is 2. The van der Waals surface area contributed by atoms with E-state index in [1.165, 1.54) is 23.9 Å². The second-order valence-electron chi connectivity index (χ2n) is 11.0. The van der Waals surface area contributed by atoms with Crippen molar-refractivity contribution in [2.75, 3.05) is 37.4 Å². The number of carbonyl (C=O) groups excluding carboxylic acids is 1. The number of thioether (sulfide) groups is 1. The van der Waals surface area contributed by atoms with Crippen LogP contribution in [0.2, 0.25) is 5.02 Å². The summed E-state index contributed by atoms with van der Waals surface area (Å²) in [5, 5.41) is 0.886. The number of aromatic nitrogens is 2. The summed E-state index contributed by atoms with van der Waals surface area (Å²) in [6.45, 7) is 8.85. The first-order chi connectivity index (χ1) is 18.9. The third kappa shape index (κ3) is 5.38. The maximum Gasteiger partial charge on any atom is 0.410 e. The molecule has 2 aromatic carbocycles. The Morgan fingerprint density at radius 2 is 1.93 bits per heavy atom. The lowest BCUT2D eigenvalue weighted by Crippen LogP contribution is -2.55. The van der Waals surface area contributed by atoms with Crippen LogP contribution < -0.4 is 10.6 Å². The largest absolute Gasteiger partial charge is 0.444 e. The van der Waals surface area contributed by atoms with Crippen molar-refractivity contribution in [1.82, 2.24) is 14.5 Å². The average Bonchev–Trinajstić information content (AvgIpc) is 3.07. The van der Waals surface area contributed by atoms with E-state index < -0.39 is 29.0 Å². The second-order valence-corrected chi connectivity index (χ2v) is 12.5. The predicted octanol–water partition coefficient (Wildman–Crippen LogP) is 5.56. The zero-order valence-electron chi connectivity index (χ0n) is 23.0. The number of anilines is 1. The molecule has 0 spiro atoms. The summed E-state index contributed by atoms with van der Waals surface area (Å²) < 4.78 is 41.5. The van der Waals surface area contributed by atoms with E-state index in [2.05, 4.69) is 4.98 Å². The number of hydrogen-bond donors (Lipinski definition) is 0. The van der Waals surface area contributed by atoms with E-state index >= 15 is 4.39 Å². The quantitative estimate of drug-likeness (QED) is 0.394. The van der Waals surface area contributed by atoms with Gasteiger partial charge in [-0.1, -0.05) is 11.6 Å². The van der Waals surface area contributed by atoms with Gasteiger partial charge in [-0.05, 0) is 45.9 Å². The van der Waals surface area contributed by atoms with Crippen molar-refractivity contribution in [3.05, 3.63) is 51.4 Å². The normalized spacial score (nSPS) is 19.6. The molecule has 0 saturated carbocycles. The third-order valence-corrected chi connectivity index (χ3v) is 8.56. The van der Waals surface area contributed by atoms with Gasteiger partial charge in [-0.15, -0.1) is 11.8 Å². The summed E-state index contributed by atoms with van der Waals surface area (Å²) in [7, 11) is 1.57. The molecule has 2 aliphatic heterocycles. The number of methoxy groups -OCH3 is 1. The highest BCUT2D eigenvalue weighted by Crippen LogP contribution is 2.46. The molecule has 3 heterocycles. The van der Waals surface area contributed by atoms with E-state index in [1.807, 2.05) is 32.6 Å². The lowest BCUT2D eigenvalue weighted by atomic mass is 10.0. The number of hydrogen-bond acceptors (Lipinski definition) is 7. The Labute approximate surface area is 240 Å². The van der Waals surface area contributed by atoms with Gasteiger partial charge in [0.25, 0.3) is 0 Å². The fraction of sp³-hybridized carbons (Fsp3) is 0.464. The van der Waals surface area contributed by atoms with Crippen LogP contribution in [0.15, 0.2) is 34.0 Å². The van der Waals surface area contributed by atoms with Crippen LogP contribution in [0.4, 0.5) is 19.4 Å². The first-order valence-electron chi connectivity index (χ1n) is 13.0. The van der Waals surface area contributed by atoms with Crippen LogP contribution in [0, 0.1) is 11.6 Å². The van der Waals surface area contributed by atoms with Crippen molar-refractivity contribution in [3.63, 3.8) is 0 Å². The van der Waals surface area contributed by atoms with Gasteiger partial charge in [-0.25, -0.2) is 18.4 Å². The third-order valence-electron chi connectivity index (χ3n) is 7.04. The molecule has 1 amide bonds. The van der Waals surface area contributed by atoms with Crippen molar-refractivity contribution in [2.24, 2.45) is 0 Å². The van der Waals surface area contributed by atoms with Gasteiger partial charge in [0.2, 0.25) is 0 Å². The van der Waals surface area contributed by atoms with E-state index in [9.17, 15) is 14.0 Å². The van der Waals surface area contributed by atoms with Crippen LogP contribution in [-0.2, 0) is 16.0 Å². The molecule has 40 heavy (non-hydrogen) atoms. The lowest BCUT2D eigenvalue weighted by Gasteiger charge is -2.41. The molecule has 5 rings (SSSR count). The number of amides is 1. The first-order valence-corrected chi connectivity index (χ1v) is 14.4. The number of rotatable bonds is 3. The molecule has 1 saturated heterocycles. The van der Waals surface area contributed by atoms with Gasteiger partial charge in [-0.2, -0.15) is 4.98 Å². The highest BCUT2D eigenvalue weighted by Gasteiger charge is 2.34. The molecular formula is C28H31ClF2N4O4S. The lowest BCUT2D eigenvalue weighted by molar-refractivity contribution is 0.0218. The summed E-state index contributed by atoms with van der Waals surface area (Å²) >= 11 is 8.25. The molecule has 0 N–H and O–H groups in total. The molecular weight excluding hydrogens is 562 g/mol. The van der Waals surface area contributed by atoms with Crippen LogP contribution in [-0.4, -0.2) is 70.8 Å². The molecule has 0 aliphatic carbocycles. The fourth-order valence-corrected chi connectivity index (χ4v) is 6.85. The van der Waals surface area contributed by atoms with E-state index in [-0.39, 0.29) is 29.3 Å². The molecule has 8 nitrogen and oxygen atoms in total. The standard InChI is InChI=1S/C28H31ClF2N4O4S/c1-15-12-33(27(37)39-28(2,3)4)8-9-34(15)25-19-11-20(29)22(18-7-6-16(30)10-21(18)31)24-23(19)35(26(36)32-25)13-17(38-5)14-40-24/h6-7,10-11,15,17H,8-9,12-14H2,1-5H3. The van der Waals surface area contributed by atoms with E-state index in [4.69, 9.17) is 21.1 Å². The molecule has 214 valence electrons. The Bertz CT molecular complexity index is 1540. The monoisotopic (exact) mass is 592 g/mol.